The summed E-state index contributed by atoms with van der Waals surface area (Å²) in [5.74, 6) is 0.836. The number of aromatic nitrogens is 1. The Balaban J connectivity index is 2.61. The highest BCUT2D eigenvalue weighted by molar-refractivity contribution is 6.18. The molecule has 1 N–H and O–H groups in total. The molecule has 1 unspecified atom stereocenters. The summed E-state index contributed by atoms with van der Waals surface area (Å²) in [7, 11) is 0. The molecule has 0 radical (unpaired) electrons. The van der Waals surface area contributed by atoms with Crippen LogP contribution in [0.3, 0.4) is 0 Å². The van der Waals surface area contributed by atoms with Gasteiger partial charge < -0.3 is 5.32 Å². The number of carbonyl (C=O) groups excluding carboxylic acids is 1. The summed E-state index contributed by atoms with van der Waals surface area (Å²) in [5, 5.41) is 2.92. The molecule has 0 aliphatic heterocycles. The Kier molecular flexibility index (Phi) is 5.42. The topological polar surface area (TPSA) is 42.0 Å². The van der Waals surface area contributed by atoms with E-state index in [0.29, 0.717) is 17.4 Å². The molecule has 1 atom stereocenters. The second-order valence-corrected chi connectivity index (χ2v) is 4.95. The van der Waals surface area contributed by atoms with Crippen molar-refractivity contribution in [2.45, 2.75) is 33.2 Å². The summed E-state index contributed by atoms with van der Waals surface area (Å²) in [4.78, 5) is 16.0. The van der Waals surface area contributed by atoms with Gasteiger partial charge in [0.1, 0.15) is 0 Å². The van der Waals surface area contributed by atoms with Crippen LogP contribution in [0, 0.1) is 12.8 Å². The predicted molar refractivity (Wildman–Crippen MR) is 70.4 cm³/mol. The summed E-state index contributed by atoms with van der Waals surface area (Å²) >= 11 is 5.84. The zero-order valence-electron chi connectivity index (χ0n) is 10.5. The van der Waals surface area contributed by atoms with E-state index < -0.39 is 0 Å². The van der Waals surface area contributed by atoms with Crippen LogP contribution in [0.2, 0.25) is 0 Å². The smallest absolute Gasteiger partial charge is 0.253 e. The van der Waals surface area contributed by atoms with E-state index in [4.69, 9.17) is 11.6 Å². The van der Waals surface area contributed by atoms with Crippen LogP contribution in [0.4, 0.5) is 0 Å². The van der Waals surface area contributed by atoms with Crippen molar-refractivity contribution in [1.82, 2.24) is 10.3 Å². The zero-order valence-corrected chi connectivity index (χ0v) is 11.3. The van der Waals surface area contributed by atoms with Crippen LogP contribution in [0.15, 0.2) is 18.3 Å². The van der Waals surface area contributed by atoms with Crippen LogP contribution in [0.1, 0.15) is 36.3 Å². The third-order valence-electron chi connectivity index (χ3n) is 2.45. The molecule has 17 heavy (non-hydrogen) atoms. The van der Waals surface area contributed by atoms with Gasteiger partial charge in [-0.25, -0.2) is 0 Å². The third kappa shape index (κ3) is 4.73. The number of pyridine rings is 1. The molecule has 0 aliphatic rings. The van der Waals surface area contributed by atoms with Crippen LogP contribution >= 0.6 is 11.6 Å². The van der Waals surface area contributed by atoms with Gasteiger partial charge in [-0.05, 0) is 31.4 Å². The highest BCUT2D eigenvalue weighted by atomic mass is 35.5. The van der Waals surface area contributed by atoms with Crippen LogP contribution in [-0.4, -0.2) is 22.8 Å². The summed E-state index contributed by atoms with van der Waals surface area (Å²) in [6, 6.07) is 3.62. The number of amides is 1. The van der Waals surface area contributed by atoms with Crippen molar-refractivity contribution >= 4 is 17.5 Å². The molecule has 3 nitrogen and oxygen atoms in total. The molecule has 0 spiro atoms. The Morgan fingerprint density at radius 3 is 2.65 bits per heavy atom. The fourth-order valence-corrected chi connectivity index (χ4v) is 1.80. The number of hydrogen-bond donors (Lipinski definition) is 1. The molecule has 0 bridgehead atoms. The molecule has 94 valence electrons. The Hall–Kier alpha value is -1.09. The van der Waals surface area contributed by atoms with Crippen LogP contribution in [0.5, 0.6) is 0 Å². The van der Waals surface area contributed by atoms with Crippen LogP contribution in [0.25, 0.3) is 0 Å². The zero-order chi connectivity index (χ0) is 12.8. The number of hydrogen-bond acceptors (Lipinski definition) is 2. The molecular formula is C13H19ClN2O. The van der Waals surface area contributed by atoms with E-state index in [1.165, 1.54) is 0 Å². The molecule has 0 aromatic carbocycles. The van der Waals surface area contributed by atoms with Crippen molar-refractivity contribution < 1.29 is 4.79 Å². The minimum Gasteiger partial charge on any atom is -0.348 e. The Labute approximate surface area is 108 Å². The Morgan fingerprint density at radius 2 is 2.18 bits per heavy atom. The van der Waals surface area contributed by atoms with Crippen LogP contribution in [-0.2, 0) is 0 Å². The van der Waals surface area contributed by atoms with Gasteiger partial charge >= 0.3 is 0 Å². The number of halogens is 1. The number of aryl methyl sites for hydroxylation is 1. The van der Waals surface area contributed by atoms with E-state index in [0.717, 1.165) is 12.1 Å². The lowest BCUT2D eigenvalue weighted by molar-refractivity contribution is 0.0936. The van der Waals surface area contributed by atoms with Gasteiger partial charge in [-0.3, -0.25) is 9.78 Å². The van der Waals surface area contributed by atoms with E-state index in [9.17, 15) is 4.79 Å². The largest absolute Gasteiger partial charge is 0.348 e. The van der Waals surface area contributed by atoms with Crippen molar-refractivity contribution in [2.24, 2.45) is 5.92 Å². The quantitative estimate of drug-likeness (QED) is 0.821. The molecule has 0 saturated heterocycles. The van der Waals surface area contributed by atoms with Crippen molar-refractivity contribution in [3.05, 3.63) is 29.6 Å². The highest BCUT2D eigenvalue weighted by Gasteiger charge is 2.14. The molecule has 4 heteroatoms. The second-order valence-electron chi connectivity index (χ2n) is 4.64. The second kappa shape index (κ2) is 6.60. The predicted octanol–water partition coefficient (Wildman–Crippen LogP) is 2.77. The molecule has 0 fully saturated rings. The summed E-state index contributed by atoms with van der Waals surface area (Å²) < 4.78 is 0. The number of alkyl halides is 1. The standard InChI is InChI=1S/C13H19ClN2O/c1-9(2)6-12(7-14)16-13(17)11-5-4-10(3)15-8-11/h4-5,8-9,12H,6-7H2,1-3H3,(H,16,17). The molecule has 1 aromatic rings. The lowest BCUT2D eigenvalue weighted by Gasteiger charge is -2.17. The minimum atomic E-state index is -0.108. The summed E-state index contributed by atoms with van der Waals surface area (Å²) in [5.41, 5.74) is 1.48. The Morgan fingerprint density at radius 1 is 1.47 bits per heavy atom. The summed E-state index contributed by atoms with van der Waals surface area (Å²) in [6.45, 7) is 6.11. The summed E-state index contributed by atoms with van der Waals surface area (Å²) in [6.07, 6.45) is 2.47. The number of rotatable bonds is 5. The SMILES string of the molecule is Cc1ccc(C(=O)NC(CCl)CC(C)C)cn1. The molecule has 1 aromatic heterocycles. The van der Waals surface area contributed by atoms with Crippen molar-refractivity contribution in [3.63, 3.8) is 0 Å². The van der Waals surface area contributed by atoms with E-state index in [-0.39, 0.29) is 11.9 Å². The Bertz CT molecular complexity index is 362. The lowest BCUT2D eigenvalue weighted by atomic mass is 10.0. The maximum atomic E-state index is 11.9. The first kappa shape index (κ1) is 14.0. The lowest BCUT2D eigenvalue weighted by Crippen LogP contribution is -2.37. The average Bonchev–Trinajstić information content (AvgIpc) is 2.28. The molecule has 0 aliphatic carbocycles. The molecule has 1 rings (SSSR count). The minimum absolute atomic E-state index is 0.0190. The first-order valence-corrected chi connectivity index (χ1v) is 6.36. The van der Waals surface area contributed by atoms with Gasteiger partial charge in [-0.15, -0.1) is 11.6 Å². The van der Waals surface area contributed by atoms with Gasteiger partial charge in [0, 0.05) is 23.8 Å². The van der Waals surface area contributed by atoms with Gasteiger partial charge in [0.05, 0.1) is 5.56 Å². The van der Waals surface area contributed by atoms with Gasteiger partial charge in [-0.1, -0.05) is 13.8 Å². The van der Waals surface area contributed by atoms with Gasteiger partial charge in [0.2, 0.25) is 0 Å². The fourth-order valence-electron chi connectivity index (χ4n) is 1.60. The number of carbonyl (C=O) groups is 1. The van der Waals surface area contributed by atoms with Crippen LogP contribution < -0.4 is 5.32 Å². The van der Waals surface area contributed by atoms with E-state index in [2.05, 4.69) is 24.1 Å². The number of nitrogens with one attached hydrogen (secondary N) is 1. The van der Waals surface area contributed by atoms with Crippen molar-refractivity contribution in [1.29, 1.82) is 0 Å². The average molecular weight is 255 g/mol. The van der Waals surface area contributed by atoms with E-state index in [1.54, 1.807) is 12.3 Å². The maximum absolute atomic E-state index is 11.9. The normalized spacial score (nSPS) is 12.5. The fraction of sp³-hybridized carbons (Fsp3) is 0.538. The molecular weight excluding hydrogens is 236 g/mol. The third-order valence-corrected chi connectivity index (χ3v) is 2.82. The van der Waals surface area contributed by atoms with E-state index in [1.807, 2.05) is 13.0 Å². The van der Waals surface area contributed by atoms with Gasteiger partial charge in [0.25, 0.3) is 5.91 Å². The first-order chi connectivity index (χ1) is 8.02. The highest BCUT2D eigenvalue weighted by Crippen LogP contribution is 2.07. The maximum Gasteiger partial charge on any atom is 0.253 e. The van der Waals surface area contributed by atoms with Gasteiger partial charge in [0.15, 0.2) is 0 Å². The van der Waals surface area contributed by atoms with Crippen molar-refractivity contribution in [2.75, 3.05) is 5.88 Å². The monoisotopic (exact) mass is 254 g/mol. The molecule has 1 amide bonds. The van der Waals surface area contributed by atoms with Gasteiger partial charge in [-0.2, -0.15) is 0 Å². The number of nitrogens with zero attached hydrogens (tertiary/aromatic N) is 1. The van der Waals surface area contributed by atoms with Crippen molar-refractivity contribution in [3.8, 4) is 0 Å². The van der Waals surface area contributed by atoms with E-state index >= 15 is 0 Å². The molecule has 1 heterocycles. The first-order valence-electron chi connectivity index (χ1n) is 5.82. The molecule has 0 saturated carbocycles.